The zero-order valence-electron chi connectivity index (χ0n) is 81.6. The number of halogens is 6. The summed E-state index contributed by atoms with van der Waals surface area (Å²) in [6, 6.07) is 58.0. The van der Waals surface area contributed by atoms with E-state index < -0.39 is 98.0 Å². The van der Waals surface area contributed by atoms with Crippen LogP contribution in [-0.2, 0) is 69.8 Å². The quantitative estimate of drug-likeness (QED) is 0.00777. The molecule has 6 atom stereocenters. The fraction of sp³-hybridized carbons (Fsp3) is 0.528. The molecule has 0 radical (unpaired) electrons. The molecule has 0 aromatic heterocycles. The highest BCUT2D eigenvalue weighted by Crippen LogP contribution is 2.61. The van der Waals surface area contributed by atoms with Gasteiger partial charge in [-0.2, -0.15) is 26.0 Å². The summed E-state index contributed by atoms with van der Waals surface area (Å²) >= 11 is 0. The second-order valence-electron chi connectivity index (χ2n) is 39.3. The van der Waals surface area contributed by atoms with Crippen molar-refractivity contribution in [2.45, 2.75) is 327 Å². The number of benzene rings is 8. The largest absolute Gasteiger partial charge is 0.744 e. The molecule has 0 saturated heterocycles. The number of aromatic hydroxyl groups is 2. The van der Waals surface area contributed by atoms with Gasteiger partial charge in [0, 0.05) is 11.8 Å². The summed E-state index contributed by atoms with van der Waals surface area (Å²) in [5, 5.41) is 18.0. The van der Waals surface area contributed by atoms with Crippen molar-refractivity contribution in [2.24, 2.45) is 44.8 Å². The molecule has 742 valence electrons. The van der Waals surface area contributed by atoms with Gasteiger partial charge in [-0.25, -0.2) is 25.6 Å². The molecule has 5 aliphatic rings. The van der Waals surface area contributed by atoms with Crippen LogP contribution in [0.25, 0.3) is 0 Å². The first-order valence-electron chi connectivity index (χ1n) is 46.7. The minimum absolute atomic E-state index is 0.0146. The van der Waals surface area contributed by atoms with Crippen molar-refractivity contribution < 1.29 is 108 Å². The Balaban J connectivity index is 0.000000245. The van der Waals surface area contributed by atoms with E-state index in [0.29, 0.717) is 28.7 Å². The average Bonchev–Trinajstić information content (AvgIpc) is 0.756. The summed E-state index contributed by atoms with van der Waals surface area (Å²) in [6.45, 7) is 41.7. The molecule has 0 heterocycles. The maximum absolute atomic E-state index is 13.9. The van der Waals surface area contributed by atoms with Gasteiger partial charge in [0.1, 0.15) is 38.0 Å². The van der Waals surface area contributed by atoms with Gasteiger partial charge in [0.15, 0.2) is 36.4 Å². The number of ether oxygens (including phenoxy) is 5. The van der Waals surface area contributed by atoms with Gasteiger partial charge in [0.2, 0.25) is 30.0 Å². The van der Waals surface area contributed by atoms with E-state index in [9.17, 15) is 70.3 Å². The lowest BCUT2D eigenvalue weighted by molar-refractivity contribution is -0.228. The minimum Gasteiger partial charge on any atom is -0.744 e. The SMILES string of the molecule is CCC(C)(C)C(=O)OC(CC(C)(C)C)OCCC12CC3CC(CC(C3)C1)C2.CCC(C)(C)C(=O)OC(OC1CCCCC1)C(C)(C)C.CCC(C)c1ccc(O)cc1.CCC(C)c1ccc(O)cc1.CCC(C)c1ccc(OS(=O)(=O)C(F)(F)S(=O)(=O)[O-])cc1.CCC(C)c1ccc(Oc2c(F)c(F)c(S(=O)(=O)[O-])c(F)c2F)cc1.c1ccc([S+](c2ccccc2)c2ccccc2)cc1. The summed E-state index contributed by atoms with van der Waals surface area (Å²) in [4.78, 5) is 26.7. The Labute approximate surface area is 797 Å². The maximum atomic E-state index is 13.9. The van der Waals surface area contributed by atoms with Crippen molar-refractivity contribution in [1.29, 1.82) is 0 Å². The Morgan fingerprint density at radius 3 is 1.14 bits per heavy atom. The molecular formula is C106H143F6O18S4-. The number of hydrogen-bond acceptors (Lipinski definition) is 18. The third-order valence-electron chi connectivity index (χ3n) is 25.4. The number of carbonyl (C=O) groups is 2. The lowest BCUT2D eigenvalue weighted by Crippen LogP contribution is -2.46. The van der Waals surface area contributed by atoms with Crippen molar-refractivity contribution in [1.82, 2.24) is 0 Å². The summed E-state index contributed by atoms with van der Waals surface area (Å²) in [5.41, 5.74) is 3.84. The van der Waals surface area contributed by atoms with E-state index >= 15 is 0 Å². The average molecular weight is 1950 g/mol. The molecule has 18 nitrogen and oxygen atoms in total. The van der Waals surface area contributed by atoms with E-state index in [2.05, 4.69) is 164 Å². The topological polar surface area (TPSA) is 279 Å². The van der Waals surface area contributed by atoms with Crippen molar-refractivity contribution in [3.05, 3.63) is 234 Å². The van der Waals surface area contributed by atoms with Crippen LogP contribution in [0.2, 0.25) is 0 Å². The highest BCUT2D eigenvalue weighted by Gasteiger charge is 2.55. The molecule has 5 saturated carbocycles. The van der Waals surface area contributed by atoms with Gasteiger partial charge in [-0.1, -0.05) is 233 Å². The molecule has 5 aliphatic carbocycles. The number of phenols is 2. The number of phenolic OH excluding ortho intramolecular Hbond substituents is 2. The zero-order valence-corrected chi connectivity index (χ0v) is 84.9. The second kappa shape index (κ2) is 51.3. The molecule has 2 N–H and O–H groups in total. The number of hydrogen-bond donors (Lipinski definition) is 2. The van der Waals surface area contributed by atoms with Gasteiger partial charge < -0.3 is 47.2 Å². The summed E-state index contributed by atoms with van der Waals surface area (Å²) in [6.07, 6.45) is 21.3. The van der Waals surface area contributed by atoms with Gasteiger partial charge in [0.05, 0.1) is 34.4 Å². The first kappa shape index (κ1) is 114. The fourth-order valence-corrected chi connectivity index (χ4v) is 20.2. The molecule has 8 aromatic rings. The monoisotopic (exact) mass is 1950 g/mol. The van der Waals surface area contributed by atoms with Crippen molar-refractivity contribution in [3.63, 3.8) is 0 Å². The third kappa shape index (κ3) is 34.6. The van der Waals surface area contributed by atoms with Crippen LogP contribution in [0.1, 0.15) is 306 Å². The van der Waals surface area contributed by atoms with E-state index in [4.69, 9.17) is 33.9 Å². The van der Waals surface area contributed by atoms with Gasteiger partial charge in [0.25, 0.3) is 0 Å². The maximum Gasteiger partial charge on any atom is 0.470 e. The van der Waals surface area contributed by atoms with Gasteiger partial charge in [-0.15, -0.1) is 0 Å². The minimum atomic E-state index is -6.40. The Hall–Kier alpha value is -8.48. The number of esters is 2. The first-order valence-corrected chi connectivity index (χ1v) is 52.2. The molecule has 0 spiro atoms. The predicted molar refractivity (Wildman–Crippen MR) is 514 cm³/mol. The third-order valence-corrected chi connectivity index (χ3v) is 31.3. The fourth-order valence-electron chi connectivity index (χ4n) is 15.9. The Morgan fingerprint density at radius 2 is 0.821 bits per heavy atom. The number of rotatable bonds is 31. The van der Waals surface area contributed by atoms with Crippen LogP contribution in [-0.4, -0.2) is 86.4 Å². The molecule has 134 heavy (non-hydrogen) atoms. The van der Waals surface area contributed by atoms with E-state index in [0.717, 1.165) is 112 Å². The molecular weight excluding hydrogens is 1800 g/mol. The summed E-state index contributed by atoms with van der Waals surface area (Å²) in [7, 11) is -18.1. The standard InChI is InChI=1S/C24H42O3.C18H15S.C17H32O3.C16H14F4O4S.C11H14F2O6S2.2C10H14O/c1-7-23(5,6)21(25)27-20(16-22(2,3)4)26-9-8-24-13-17-10-18(14-24)12-19(11-17)15-24;1-4-10-16(11-5-1)19(17-12-6-2-7-13-17)18-14-8-3-9-15-18;1-7-17(5,6)14(18)20-15(16(2,3)4)19-13-11-9-8-10-12-13;1-3-8(2)9-4-6-10(7-5-9)24-15-11(17)13(19)16(25(21,22)23)14(20)12(15)18;1-3-8(2)9-4-6-10(7-5-9)19-21(17,18)11(12,13)20(14,15)16;2*1-3-8(2)9-4-6-10(11)7-5-9/h17-20H,7-16H2,1-6H3;1-15H;13,15H,7-12H2,1-6H3;4-8H,3H2,1-2H3,(H,21,22,23);4-8H,3H2,1-2H3,(H,14,15,16);2*4-8,11H,3H2,1-2H3/q;+1;;;;;/p-2. The molecule has 4 bridgehead atoms. The highest BCUT2D eigenvalue weighted by molar-refractivity contribution is 8.05. The van der Waals surface area contributed by atoms with Crippen LogP contribution in [0.3, 0.4) is 0 Å². The highest BCUT2D eigenvalue weighted by atomic mass is 32.3. The van der Waals surface area contributed by atoms with E-state index in [1.165, 1.54) is 108 Å². The van der Waals surface area contributed by atoms with Crippen LogP contribution in [0.15, 0.2) is 208 Å². The number of carbonyl (C=O) groups excluding carboxylic acids is 2. The predicted octanol–water partition coefficient (Wildman–Crippen LogP) is 28.1. The molecule has 28 heteroatoms. The van der Waals surface area contributed by atoms with Gasteiger partial charge in [-0.3, -0.25) is 9.59 Å². The van der Waals surface area contributed by atoms with E-state index in [1.54, 1.807) is 36.4 Å². The molecule has 0 amide bonds. The van der Waals surface area contributed by atoms with Crippen LogP contribution in [0, 0.1) is 68.1 Å². The Morgan fingerprint density at radius 1 is 0.478 bits per heavy atom. The lowest BCUT2D eigenvalue weighted by Gasteiger charge is -2.57. The Bertz CT molecular complexity index is 5060. The molecule has 8 aromatic carbocycles. The van der Waals surface area contributed by atoms with E-state index in [1.807, 2.05) is 93.5 Å². The van der Waals surface area contributed by atoms with Crippen LogP contribution < -0.4 is 8.92 Å². The van der Waals surface area contributed by atoms with Crippen molar-refractivity contribution >= 4 is 53.2 Å². The van der Waals surface area contributed by atoms with Crippen LogP contribution in [0.4, 0.5) is 26.3 Å². The number of alkyl halides is 2. The molecule has 13 rings (SSSR count). The van der Waals surface area contributed by atoms with Crippen LogP contribution >= 0.6 is 0 Å². The second-order valence-corrected chi connectivity index (χ2v) is 46.0. The lowest BCUT2D eigenvalue weighted by atomic mass is 9.49. The normalized spacial score (nSPS) is 18.1. The molecule has 5 fully saturated rings. The van der Waals surface area contributed by atoms with Gasteiger partial charge in [-0.05, 0) is 283 Å². The summed E-state index contributed by atoms with van der Waals surface area (Å²) < 4.78 is 194. The Kier molecular flexibility index (Phi) is 43.7. The first-order chi connectivity index (χ1) is 62.6. The van der Waals surface area contributed by atoms with E-state index in [-0.39, 0.29) is 57.4 Å². The smallest absolute Gasteiger partial charge is 0.470 e. The molecule has 6 unspecified atom stereocenters. The summed E-state index contributed by atoms with van der Waals surface area (Å²) in [5.74, 6) is -6.09. The van der Waals surface area contributed by atoms with Crippen LogP contribution in [0.5, 0.6) is 28.7 Å². The molecule has 0 aliphatic heterocycles. The zero-order chi connectivity index (χ0) is 100. The van der Waals surface area contributed by atoms with Crippen molar-refractivity contribution in [2.75, 3.05) is 6.61 Å². The van der Waals surface area contributed by atoms with Crippen molar-refractivity contribution in [3.8, 4) is 28.7 Å². The van der Waals surface area contributed by atoms with Gasteiger partial charge >= 0.3 is 26.6 Å².